The van der Waals surface area contributed by atoms with Gasteiger partial charge in [-0.2, -0.15) is 4.98 Å². The van der Waals surface area contributed by atoms with E-state index in [1.807, 2.05) is 30.3 Å². The lowest BCUT2D eigenvalue weighted by Gasteiger charge is -2.29. The van der Waals surface area contributed by atoms with Gasteiger partial charge in [-0.1, -0.05) is 30.3 Å². The first-order valence-corrected chi connectivity index (χ1v) is 8.57. The van der Waals surface area contributed by atoms with Crippen molar-refractivity contribution in [1.82, 2.24) is 14.8 Å². The lowest BCUT2D eigenvalue weighted by atomic mass is 9.99. The summed E-state index contributed by atoms with van der Waals surface area (Å²) in [6.07, 6.45) is 1.94. The topological polar surface area (TPSA) is 88.9 Å². The van der Waals surface area contributed by atoms with Gasteiger partial charge in [0, 0.05) is 6.04 Å². The van der Waals surface area contributed by atoms with Gasteiger partial charge in [0.05, 0.1) is 12.3 Å². The molecule has 0 saturated carbocycles. The van der Waals surface area contributed by atoms with E-state index in [-0.39, 0.29) is 18.0 Å². The molecule has 1 aromatic heterocycles. The molecule has 1 aromatic carbocycles. The molecule has 2 aromatic rings. The van der Waals surface area contributed by atoms with E-state index in [0.717, 1.165) is 18.2 Å². The molecule has 112 valence electrons. The predicted molar refractivity (Wildman–Crippen MR) is 80.8 cm³/mol. The number of nitrogens with zero attached hydrogens (tertiary/aromatic N) is 3. The van der Waals surface area contributed by atoms with Gasteiger partial charge in [-0.25, -0.2) is 13.1 Å². The van der Waals surface area contributed by atoms with E-state index in [2.05, 4.69) is 27.0 Å². The van der Waals surface area contributed by atoms with Crippen LogP contribution < -0.4 is 10.0 Å². The third kappa shape index (κ3) is 2.99. The molecule has 0 radical (unpaired) electrons. The number of rotatable bonds is 3. The molecular weight excluding hydrogens is 290 g/mol. The zero-order valence-electron chi connectivity index (χ0n) is 11.8. The Bertz CT molecular complexity index is 741. The van der Waals surface area contributed by atoms with Crippen LogP contribution in [0.25, 0.3) is 0 Å². The molecule has 0 amide bonds. The van der Waals surface area contributed by atoms with Gasteiger partial charge in [0.15, 0.2) is 0 Å². The zero-order valence-corrected chi connectivity index (χ0v) is 12.6. The molecular formula is C13H17N5O2S. The summed E-state index contributed by atoms with van der Waals surface area (Å²) in [5.74, 6) is 0.670. The highest BCUT2D eigenvalue weighted by atomic mass is 32.2. The smallest absolute Gasteiger partial charge is 0.257 e. The van der Waals surface area contributed by atoms with Crippen LogP contribution in [0.5, 0.6) is 0 Å². The number of benzene rings is 1. The Morgan fingerprint density at radius 3 is 2.71 bits per heavy atom. The SMILES string of the molecule is C[C@H]1C[C@H](c2ccccc2)n2nc(NS(C)(=O)=O)nc2N1. The molecule has 1 aliphatic heterocycles. The molecule has 7 nitrogen and oxygen atoms in total. The van der Waals surface area contributed by atoms with Gasteiger partial charge in [0.25, 0.3) is 5.95 Å². The highest BCUT2D eigenvalue weighted by molar-refractivity contribution is 7.91. The first kappa shape index (κ1) is 13.9. The Hall–Kier alpha value is -2.09. The van der Waals surface area contributed by atoms with Crippen molar-refractivity contribution in [2.75, 3.05) is 16.3 Å². The summed E-state index contributed by atoms with van der Waals surface area (Å²) in [6.45, 7) is 2.07. The number of fused-ring (bicyclic) bond motifs is 1. The second kappa shape index (κ2) is 5.03. The van der Waals surface area contributed by atoms with Crippen molar-refractivity contribution in [3.05, 3.63) is 35.9 Å². The Morgan fingerprint density at radius 2 is 2.05 bits per heavy atom. The van der Waals surface area contributed by atoms with E-state index in [1.54, 1.807) is 4.68 Å². The molecule has 3 rings (SSSR count). The van der Waals surface area contributed by atoms with Crippen molar-refractivity contribution in [3.8, 4) is 0 Å². The van der Waals surface area contributed by atoms with Crippen LogP contribution in [0.2, 0.25) is 0 Å². The molecule has 0 fully saturated rings. The number of hydrogen-bond acceptors (Lipinski definition) is 5. The summed E-state index contributed by atoms with van der Waals surface area (Å²) in [6, 6.07) is 10.3. The molecule has 8 heteroatoms. The van der Waals surface area contributed by atoms with Crippen LogP contribution in [-0.2, 0) is 10.0 Å². The maximum absolute atomic E-state index is 11.3. The van der Waals surface area contributed by atoms with Crippen molar-refractivity contribution in [2.45, 2.75) is 25.4 Å². The molecule has 0 spiro atoms. The van der Waals surface area contributed by atoms with Gasteiger partial charge < -0.3 is 5.32 Å². The van der Waals surface area contributed by atoms with Gasteiger partial charge in [-0.3, -0.25) is 4.72 Å². The fourth-order valence-electron chi connectivity index (χ4n) is 2.51. The number of aromatic nitrogens is 3. The van der Waals surface area contributed by atoms with Crippen molar-refractivity contribution < 1.29 is 8.42 Å². The number of nitrogens with one attached hydrogen (secondary N) is 2. The van der Waals surface area contributed by atoms with Crippen LogP contribution in [0.1, 0.15) is 24.9 Å². The van der Waals surface area contributed by atoms with Crippen LogP contribution in [0.3, 0.4) is 0 Å². The number of anilines is 2. The van der Waals surface area contributed by atoms with E-state index in [1.165, 1.54) is 0 Å². The Morgan fingerprint density at radius 1 is 1.33 bits per heavy atom. The van der Waals surface area contributed by atoms with Crippen LogP contribution in [-0.4, -0.2) is 35.5 Å². The summed E-state index contributed by atoms with van der Waals surface area (Å²) in [4.78, 5) is 4.21. The Labute approximate surface area is 123 Å². The summed E-state index contributed by atoms with van der Waals surface area (Å²) in [5, 5.41) is 7.50. The van der Waals surface area contributed by atoms with Crippen molar-refractivity contribution >= 4 is 21.9 Å². The fourth-order valence-corrected chi connectivity index (χ4v) is 2.93. The Kier molecular flexibility index (Phi) is 3.32. The summed E-state index contributed by atoms with van der Waals surface area (Å²) < 4.78 is 26.7. The lowest BCUT2D eigenvalue weighted by Crippen LogP contribution is -2.31. The van der Waals surface area contributed by atoms with E-state index in [9.17, 15) is 8.42 Å². The fraction of sp³-hybridized carbons (Fsp3) is 0.385. The second-order valence-corrected chi connectivity index (χ2v) is 7.03. The van der Waals surface area contributed by atoms with E-state index >= 15 is 0 Å². The van der Waals surface area contributed by atoms with Crippen LogP contribution >= 0.6 is 0 Å². The molecule has 2 N–H and O–H groups in total. The summed E-state index contributed by atoms with van der Waals surface area (Å²) in [7, 11) is -3.39. The normalized spacial score (nSPS) is 21.4. The summed E-state index contributed by atoms with van der Waals surface area (Å²) >= 11 is 0. The van der Waals surface area contributed by atoms with Gasteiger partial charge in [0.1, 0.15) is 0 Å². The third-order valence-corrected chi connectivity index (χ3v) is 3.89. The van der Waals surface area contributed by atoms with Gasteiger partial charge >= 0.3 is 0 Å². The predicted octanol–water partition coefficient (Wildman–Crippen LogP) is 1.44. The molecule has 2 atom stereocenters. The maximum atomic E-state index is 11.3. The minimum Gasteiger partial charge on any atom is -0.352 e. The number of sulfonamides is 1. The largest absolute Gasteiger partial charge is 0.352 e. The van der Waals surface area contributed by atoms with Crippen molar-refractivity contribution in [3.63, 3.8) is 0 Å². The van der Waals surface area contributed by atoms with Crippen LogP contribution in [0.4, 0.5) is 11.9 Å². The van der Waals surface area contributed by atoms with Gasteiger partial charge in [-0.15, -0.1) is 5.10 Å². The average molecular weight is 307 g/mol. The minimum atomic E-state index is -3.39. The van der Waals surface area contributed by atoms with Crippen molar-refractivity contribution in [1.29, 1.82) is 0 Å². The minimum absolute atomic E-state index is 0.0417. The number of hydrogen-bond donors (Lipinski definition) is 2. The third-order valence-electron chi connectivity index (χ3n) is 3.34. The lowest BCUT2D eigenvalue weighted by molar-refractivity contribution is 0.438. The average Bonchev–Trinajstić information content (AvgIpc) is 2.78. The first-order chi connectivity index (χ1) is 9.92. The standard InChI is InChI=1S/C13H17N5O2S/c1-9-8-11(10-6-4-3-5-7-10)18-13(14-9)15-12(16-18)17-21(2,19)20/h3-7,9,11H,8H2,1-2H3,(H2,14,15,16,17)/t9-,11+/m0/s1. The Balaban J connectivity index is 2.00. The van der Waals surface area contributed by atoms with Crippen molar-refractivity contribution in [2.24, 2.45) is 0 Å². The monoisotopic (exact) mass is 307 g/mol. The van der Waals surface area contributed by atoms with Gasteiger partial charge in [-0.05, 0) is 18.9 Å². The molecule has 0 bridgehead atoms. The van der Waals surface area contributed by atoms with E-state index in [4.69, 9.17) is 0 Å². The van der Waals surface area contributed by atoms with E-state index in [0.29, 0.717) is 5.95 Å². The molecule has 1 aliphatic rings. The summed E-state index contributed by atoms with van der Waals surface area (Å²) in [5.41, 5.74) is 1.13. The highest BCUT2D eigenvalue weighted by Crippen LogP contribution is 2.31. The maximum Gasteiger partial charge on any atom is 0.257 e. The quantitative estimate of drug-likeness (QED) is 0.896. The molecule has 21 heavy (non-hydrogen) atoms. The van der Waals surface area contributed by atoms with E-state index < -0.39 is 10.0 Å². The first-order valence-electron chi connectivity index (χ1n) is 6.68. The van der Waals surface area contributed by atoms with Gasteiger partial charge in [0.2, 0.25) is 16.0 Å². The molecule has 0 unspecified atom stereocenters. The zero-order chi connectivity index (χ0) is 15.0. The highest BCUT2D eigenvalue weighted by Gasteiger charge is 2.28. The second-order valence-electron chi connectivity index (χ2n) is 5.29. The molecule has 0 aliphatic carbocycles. The van der Waals surface area contributed by atoms with Crippen LogP contribution in [0.15, 0.2) is 30.3 Å². The van der Waals surface area contributed by atoms with Crippen LogP contribution in [0, 0.1) is 0 Å². The molecule has 0 saturated heterocycles. The molecule has 2 heterocycles.